The summed E-state index contributed by atoms with van der Waals surface area (Å²) in [5.74, 6) is -1.49. The quantitative estimate of drug-likeness (QED) is 0.835. The summed E-state index contributed by atoms with van der Waals surface area (Å²) in [4.78, 5) is 12.8. The molecule has 1 fully saturated rings. The molecule has 0 radical (unpaired) electrons. The van der Waals surface area contributed by atoms with Crippen molar-refractivity contribution in [3.63, 3.8) is 0 Å². The standard InChI is InChI=1S/C13H14F3NO4S/c14-13(15,16)10-2-1-3-11(8-10)22(19,20)9-12(18)17-4-6-21-7-5-17/h1-3,8H,4-7,9H2. The van der Waals surface area contributed by atoms with Gasteiger partial charge in [-0.25, -0.2) is 8.42 Å². The normalized spacial score (nSPS) is 16.6. The molecule has 0 unspecified atom stereocenters. The number of nitrogens with zero attached hydrogens (tertiary/aromatic N) is 1. The van der Waals surface area contributed by atoms with Crippen molar-refractivity contribution in [2.45, 2.75) is 11.1 Å². The largest absolute Gasteiger partial charge is 0.416 e. The third kappa shape index (κ3) is 3.98. The van der Waals surface area contributed by atoms with Gasteiger partial charge in [-0.05, 0) is 18.2 Å². The fraction of sp³-hybridized carbons (Fsp3) is 0.462. The number of sulfone groups is 1. The zero-order valence-electron chi connectivity index (χ0n) is 11.5. The van der Waals surface area contributed by atoms with E-state index in [0.717, 1.165) is 18.2 Å². The van der Waals surface area contributed by atoms with Crippen LogP contribution in [0.3, 0.4) is 0 Å². The Morgan fingerprint density at radius 3 is 2.45 bits per heavy atom. The Morgan fingerprint density at radius 2 is 1.86 bits per heavy atom. The molecule has 1 aromatic carbocycles. The van der Waals surface area contributed by atoms with E-state index in [4.69, 9.17) is 4.74 Å². The van der Waals surface area contributed by atoms with Crippen LogP contribution < -0.4 is 0 Å². The molecule has 0 atom stereocenters. The summed E-state index contributed by atoms with van der Waals surface area (Å²) in [5.41, 5.74) is -1.06. The number of benzene rings is 1. The van der Waals surface area contributed by atoms with Crippen molar-refractivity contribution < 1.29 is 31.1 Å². The van der Waals surface area contributed by atoms with Crippen LogP contribution >= 0.6 is 0 Å². The molecular formula is C13H14F3NO4S. The number of halogens is 3. The number of carbonyl (C=O) groups excluding carboxylic acids is 1. The first kappa shape index (κ1) is 16.8. The fourth-order valence-corrected chi connectivity index (χ4v) is 3.28. The Morgan fingerprint density at radius 1 is 1.23 bits per heavy atom. The van der Waals surface area contributed by atoms with Gasteiger partial charge in [0.25, 0.3) is 0 Å². The lowest BCUT2D eigenvalue weighted by molar-refractivity contribution is -0.137. The van der Waals surface area contributed by atoms with Crippen molar-refractivity contribution in [2.24, 2.45) is 0 Å². The lowest BCUT2D eigenvalue weighted by Gasteiger charge is -2.26. The van der Waals surface area contributed by atoms with Crippen molar-refractivity contribution in [3.05, 3.63) is 29.8 Å². The molecule has 0 aromatic heterocycles. The Kier molecular flexibility index (Phi) is 4.76. The highest BCUT2D eigenvalue weighted by Crippen LogP contribution is 2.30. The van der Waals surface area contributed by atoms with E-state index in [-0.39, 0.29) is 13.1 Å². The van der Waals surface area contributed by atoms with Gasteiger partial charge in [0.2, 0.25) is 5.91 Å². The van der Waals surface area contributed by atoms with Gasteiger partial charge in [0.05, 0.1) is 23.7 Å². The first-order chi connectivity index (χ1) is 10.2. The molecule has 1 aromatic rings. The molecule has 0 N–H and O–H groups in total. The molecule has 2 rings (SSSR count). The van der Waals surface area contributed by atoms with Crippen LogP contribution in [0.4, 0.5) is 13.2 Å². The molecule has 0 spiro atoms. The minimum absolute atomic E-state index is 0.275. The van der Waals surface area contributed by atoms with Crippen LogP contribution in [0.5, 0.6) is 0 Å². The molecule has 5 nitrogen and oxygen atoms in total. The monoisotopic (exact) mass is 337 g/mol. The lowest BCUT2D eigenvalue weighted by Crippen LogP contribution is -2.43. The number of hydrogen-bond donors (Lipinski definition) is 0. The summed E-state index contributed by atoms with van der Waals surface area (Å²) >= 11 is 0. The van der Waals surface area contributed by atoms with Gasteiger partial charge in [-0.3, -0.25) is 4.79 Å². The van der Waals surface area contributed by atoms with Gasteiger partial charge in [0, 0.05) is 13.1 Å². The number of alkyl halides is 3. The summed E-state index contributed by atoms with van der Waals surface area (Å²) in [6.07, 6.45) is -4.64. The molecule has 22 heavy (non-hydrogen) atoms. The summed E-state index contributed by atoms with van der Waals surface area (Å²) < 4.78 is 67.2. The van der Waals surface area contributed by atoms with Gasteiger partial charge < -0.3 is 9.64 Å². The smallest absolute Gasteiger partial charge is 0.378 e. The average molecular weight is 337 g/mol. The van der Waals surface area contributed by atoms with E-state index in [1.54, 1.807) is 0 Å². The van der Waals surface area contributed by atoms with Crippen molar-refractivity contribution in [1.82, 2.24) is 4.90 Å². The van der Waals surface area contributed by atoms with E-state index >= 15 is 0 Å². The maximum Gasteiger partial charge on any atom is 0.416 e. The van der Waals surface area contributed by atoms with Crippen LogP contribution in [0.2, 0.25) is 0 Å². The summed E-state index contributed by atoms with van der Waals surface area (Å²) in [6, 6.07) is 3.39. The number of ether oxygens (including phenoxy) is 1. The number of hydrogen-bond acceptors (Lipinski definition) is 4. The molecule has 1 amide bonds. The predicted molar refractivity (Wildman–Crippen MR) is 70.9 cm³/mol. The zero-order chi connectivity index (χ0) is 16.4. The van der Waals surface area contributed by atoms with Gasteiger partial charge in [-0.15, -0.1) is 0 Å². The van der Waals surface area contributed by atoms with Crippen LogP contribution in [-0.4, -0.2) is 51.3 Å². The highest BCUT2D eigenvalue weighted by molar-refractivity contribution is 7.92. The minimum atomic E-state index is -4.64. The molecule has 122 valence electrons. The molecule has 1 heterocycles. The van der Waals surface area contributed by atoms with Gasteiger partial charge in [-0.1, -0.05) is 6.07 Å². The van der Waals surface area contributed by atoms with E-state index in [9.17, 15) is 26.4 Å². The Bertz CT molecular complexity index is 651. The molecule has 0 saturated carbocycles. The van der Waals surface area contributed by atoms with Crippen molar-refractivity contribution in [2.75, 3.05) is 32.1 Å². The maximum atomic E-state index is 12.6. The Labute approximate surface area is 125 Å². The second-order valence-electron chi connectivity index (χ2n) is 4.78. The van der Waals surface area contributed by atoms with Crippen molar-refractivity contribution in [1.29, 1.82) is 0 Å². The number of carbonyl (C=O) groups is 1. The molecular weight excluding hydrogens is 323 g/mol. The molecule has 0 aliphatic carbocycles. The topological polar surface area (TPSA) is 63.7 Å². The van der Waals surface area contributed by atoms with E-state index in [1.165, 1.54) is 4.90 Å². The number of rotatable bonds is 3. The van der Waals surface area contributed by atoms with Gasteiger partial charge >= 0.3 is 6.18 Å². The van der Waals surface area contributed by atoms with Crippen LogP contribution in [0, 0.1) is 0 Å². The molecule has 0 bridgehead atoms. The average Bonchev–Trinajstić information content (AvgIpc) is 2.47. The first-order valence-corrected chi connectivity index (χ1v) is 8.11. The van der Waals surface area contributed by atoms with E-state index in [1.807, 2.05) is 0 Å². The first-order valence-electron chi connectivity index (χ1n) is 6.46. The van der Waals surface area contributed by atoms with E-state index in [2.05, 4.69) is 0 Å². The van der Waals surface area contributed by atoms with Crippen LogP contribution in [0.1, 0.15) is 5.56 Å². The van der Waals surface area contributed by atoms with Gasteiger partial charge in [-0.2, -0.15) is 13.2 Å². The van der Waals surface area contributed by atoms with Crippen LogP contribution in [0.25, 0.3) is 0 Å². The van der Waals surface area contributed by atoms with Gasteiger partial charge in [0.15, 0.2) is 9.84 Å². The van der Waals surface area contributed by atoms with E-state index < -0.39 is 38.1 Å². The second-order valence-corrected chi connectivity index (χ2v) is 6.77. The van der Waals surface area contributed by atoms with Crippen molar-refractivity contribution in [3.8, 4) is 0 Å². The zero-order valence-corrected chi connectivity index (χ0v) is 12.3. The number of morpholine rings is 1. The van der Waals surface area contributed by atoms with Crippen LogP contribution in [0.15, 0.2) is 29.2 Å². The SMILES string of the molecule is O=C(CS(=O)(=O)c1cccc(C(F)(F)F)c1)N1CCOCC1. The molecule has 1 saturated heterocycles. The number of amides is 1. The predicted octanol–water partition coefficient (Wildman–Crippen LogP) is 1.34. The van der Waals surface area contributed by atoms with Crippen molar-refractivity contribution >= 4 is 15.7 Å². The third-order valence-corrected chi connectivity index (χ3v) is 4.80. The lowest BCUT2D eigenvalue weighted by atomic mass is 10.2. The highest BCUT2D eigenvalue weighted by atomic mass is 32.2. The summed E-state index contributed by atoms with van der Waals surface area (Å²) in [7, 11) is -4.12. The summed E-state index contributed by atoms with van der Waals surface area (Å²) in [5, 5.41) is 0. The highest BCUT2D eigenvalue weighted by Gasteiger charge is 2.32. The maximum absolute atomic E-state index is 12.6. The fourth-order valence-electron chi connectivity index (χ4n) is 2.02. The minimum Gasteiger partial charge on any atom is -0.378 e. The molecule has 9 heteroatoms. The second kappa shape index (κ2) is 6.25. The summed E-state index contributed by atoms with van der Waals surface area (Å²) in [6.45, 7) is 1.18. The van der Waals surface area contributed by atoms with E-state index in [0.29, 0.717) is 19.3 Å². The van der Waals surface area contributed by atoms with Gasteiger partial charge in [0.1, 0.15) is 5.75 Å². The molecule has 1 aliphatic rings. The third-order valence-electron chi connectivity index (χ3n) is 3.20. The molecule has 1 aliphatic heterocycles. The Hall–Kier alpha value is -1.61. The van der Waals surface area contributed by atoms with Crippen LogP contribution in [-0.2, 0) is 25.5 Å². The Balaban J connectivity index is 2.18.